The maximum atomic E-state index is 9.34. The fourth-order valence-corrected chi connectivity index (χ4v) is 2.50. The molecule has 1 aromatic heterocycles. The first-order valence-corrected chi connectivity index (χ1v) is 7.75. The summed E-state index contributed by atoms with van der Waals surface area (Å²) < 4.78 is 7.50. The fraction of sp³-hybridized carbons (Fsp3) is 0.733. The van der Waals surface area contributed by atoms with Gasteiger partial charge in [0.1, 0.15) is 0 Å². The Morgan fingerprint density at radius 2 is 1.77 bits per heavy atom. The van der Waals surface area contributed by atoms with E-state index in [0.717, 1.165) is 45.1 Å². The standard InChI is InChI=1S/C15H27N3O4/c19-11-15(12-20,13-21)16-10-14-2-1-3-18(14)5-4-17-6-8-22-9-7-17/h1-3,16,19-21H,4-13H2. The van der Waals surface area contributed by atoms with Gasteiger partial charge >= 0.3 is 0 Å². The van der Waals surface area contributed by atoms with Gasteiger partial charge in [-0.3, -0.25) is 10.2 Å². The largest absolute Gasteiger partial charge is 0.394 e. The van der Waals surface area contributed by atoms with Crippen LogP contribution in [-0.4, -0.2) is 83.0 Å². The predicted octanol–water partition coefficient (Wildman–Crippen LogP) is -1.37. The van der Waals surface area contributed by atoms with Crippen molar-refractivity contribution in [3.63, 3.8) is 0 Å². The number of morpholine rings is 1. The smallest absolute Gasteiger partial charge is 0.0884 e. The van der Waals surface area contributed by atoms with E-state index in [1.54, 1.807) is 0 Å². The van der Waals surface area contributed by atoms with Gasteiger partial charge < -0.3 is 24.6 Å². The van der Waals surface area contributed by atoms with Crippen LogP contribution in [-0.2, 0) is 17.8 Å². The van der Waals surface area contributed by atoms with E-state index in [-0.39, 0.29) is 19.8 Å². The van der Waals surface area contributed by atoms with Gasteiger partial charge in [0.05, 0.1) is 38.6 Å². The van der Waals surface area contributed by atoms with Crippen LogP contribution in [0.2, 0.25) is 0 Å². The van der Waals surface area contributed by atoms with Gasteiger partial charge in [-0.15, -0.1) is 0 Å². The van der Waals surface area contributed by atoms with Crippen molar-refractivity contribution in [1.29, 1.82) is 0 Å². The lowest BCUT2D eigenvalue weighted by atomic mass is 10.0. The van der Waals surface area contributed by atoms with Crippen molar-refractivity contribution in [3.05, 3.63) is 24.0 Å². The van der Waals surface area contributed by atoms with Gasteiger partial charge in [-0.1, -0.05) is 0 Å². The summed E-state index contributed by atoms with van der Waals surface area (Å²) in [5.74, 6) is 0. The molecule has 1 aliphatic rings. The molecule has 7 heteroatoms. The minimum absolute atomic E-state index is 0.311. The van der Waals surface area contributed by atoms with Gasteiger partial charge in [-0.2, -0.15) is 0 Å². The Kier molecular flexibility index (Phi) is 6.81. The van der Waals surface area contributed by atoms with E-state index in [0.29, 0.717) is 6.54 Å². The lowest BCUT2D eigenvalue weighted by Gasteiger charge is -2.29. The molecule has 1 aromatic rings. The summed E-state index contributed by atoms with van der Waals surface area (Å²) in [6, 6.07) is 3.98. The van der Waals surface area contributed by atoms with Crippen LogP contribution >= 0.6 is 0 Å². The quantitative estimate of drug-likeness (QED) is 0.450. The SMILES string of the molecule is OCC(CO)(CO)NCc1cccn1CCN1CCOCC1. The molecule has 7 nitrogen and oxygen atoms in total. The molecule has 1 saturated heterocycles. The zero-order valence-corrected chi connectivity index (χ0v) is 12.9. The van der Waals surface area contributed by atoms with Crippen molar-refractivity contribution >= 4 is 0 Å². The van der Waals surface area contributed by atoms with Gasteiger partial charge in [0.15, 0.2) is 0 Å². The van der Waals surface area contributed by atoms with E-state index in [9.17, 15) is 15.3 Å². The van der Waals surface area contributed by atoms with Gasteiger partial charge in [0.25, 0.3) is 0 Å². The van der Waals surface area contributed by atoms with Crippen LogP contribution in [0.25, 0.3) is 0 Å². The Morgan fingerprint density at radius 3 is 2.41 bits per heavy atom. The molecule has 0 amide bonds. The molecule has 22 heavy (non-hydrogen) atoms. The second kappa shape index (κ2) is 8.61. The van der Waals surface area contributed by atoms with E-state index in [2.05, 4.69) is 14.8 Å². The topological polar surface area (TPSA) is 90.1 Å². The molecule has 0 aliphatic carbocycles. The van der Waals surface area contributed by atoms with Crippen LogP contribution in [0, 0.1) is 0 Å². The molecule has 0 aromatic carbocycles. The molecule has 0 unspecified atom stereocenters. The Hall–Kier alpha value is -0.960. The molecular formula is C15H27N3O4. The molecule has 0 radical (unpaired) electrons. The van der Waals surface area contributed by atoms with Crippen LogP contribution in [0.15, 0.2) is 18.3 Å². The highest BCUT2D eigenvalue weighted by molar-refractivity contribution is 5.08. The molecule has 2 heterocycles. The number of ether oxygens (including phenoxy) is 1. The van der Waals surface area contributed by atoms with Crippen molar-refractivity contribution in [2.45, 2.75) is 18.6 Å². The molecule has 2 rings (SSSR count). The number of hydrogen-bond acceptors (Lipinski definition) is 6. The number of nitrogens with one attached hydrogen (secondary N) is 1. The average molecular weight is 313 g/mol. The third kappa shape index (κ3) is 4.52. The zero-order chi connectivity index (χ0) is 15.8. The van der Waals surface area contributed by atoms with Crippen LogP contribution in [0.5, 0.6) is 0 Å². The first kappa shape index (κ1) is 17.4. The van der Waals surface area contributed by atoms with Gasteiger partial charge in [0, 0.05) is 44.6 Å². The Labute approximate surface area is 131 Å². The second-order valence-corrected chi connectivity index (χ2v) is 5.76. The van der Waals surface area contributed by atoms with Crippen LogP contribution < -0.4 is 5.32 Å². The Bertz CT molecular complexity index is 420. The minimum atomic E-state index is -1.04. The van der Waals surface area contributed by atoms with E-state index in [4.69, 9.17) is 4.74 Å². The number of aliphatic hydroxyl groups is 3. The molecule has 4 N–H and O–H groups in total. The molecule has 1 fully saturated rings. The van der Waals surface area contributed by atoms with Crippen molar-refractivity contribution in [3.8, 4) is 0 Å². The van der Waals surface area contributed by atoms with Crippen molar-refractivity contribution in [2.75, 3.05) is 52.7 Å². The van der Waals surface area contributed by atoms with Crippen LogP contribution in [0.1, 0.15) is 5.69 Å². The van der Waals surface area contributed by atoms with Gasteiger partial charge in [0.2, 0.25) is 0 Å². The molecule has 0 saturated carbocycles. The lowest BCUT2D eigenvalue weighted by Crippen LogP contribution is -2.54. The fourth-order valence-electron chi connectivity index (χ4n) is 2.50. The maximum absolute atomic E-state index is 9.34. The van der Waals surface area contributed by atoms with Crippen LogP contribution in [0.4, 0.5) is 0 Å². The van der Waals surface area contributed by atoms with Crippen LogP contribution in [0.3, 0.4) is 0 Å². The number of aromatic nitrogens is 1. The monoisotopic (exact) mass is 313 g/mol. The molecule has 126 valence electrons. The summed E-state index contributed by atoms with van der Waals surface area (Å²) in [6.45, 7) is 4.94. The van der Waals surface area contributed by atoms with E-state index < -0.39 is 5.54 Å². The number of rotatable bonds is 9. The van der Waals surface area contributed by atoms with Gasteiger partial charge in [-0.25, -0.2) is 0 Å². The molecule has 0 spiro atoms. The van der Waals surface area contributed by atoms with E-state index in [1.165, 1.54) is 0 Å². The van der Waals surface area contributed by atoms with E-state index in [1.807, 2.05) is 18.3 Å². The number of hydrogen-bond donors (Lipinski definition) is 4. The third-order valence-electron chi connectivity index (χ3n) is 4.24. The zero-order valence-electron chi connectivity index (χ0n) is 12.9. The Balaban J connectivity index is 1.86. The summed E-state index contributed by atoms with van der Waals surface area (Å²) in [5.41, 5.74) is 0.0206. The maximum Gasteiger partial charge on any atom is 0.0884 e. The molecular weight excluding hydrogens is 286 g/mol. The summed E-state index contributed by atoms with van der Waals surface area (Å²) in [7, 11) is 0. The van der Waals surface area contributed by atoms with Crippen molar-refractivity contribution in [2.24, 2.45) is 0 Å². The van der Waals surface area contributed by atoms with Crippen molar-refractivity contribution in [1.82, 2.24) is 14.8 Å². The number of aliphatic hydroxyl groups excluding tert-OH is 3. The second-order valence-electron chi connectivity index (χ2n) is 5.76. The lowest BCUT2D eigenvalue weighted by molar-refractivity contribution is 0.0358. The normalized spacial score (nSPS) is 17.0. The first-order chi connectivity index (χ1) is 10.7. The highest BCUT2D eigenvalue weighted by atomic mass is 16.5. The van der Waals surface area contributed by atoms with E-state index >= 15 is 0 Å². The van der Waals surface area contributed by atoms with Gasteiger partial charge in [-0.05, 0) is 12.1 Å². The molecule has 0 bridgehead atoms. The summed E-state index contributed by atoms with van der Waals surface area (Å²) in [6.07, 6.45) is 2.02. The molecule has 1 aliphatic heterocycles. The highest BCUT2D eigenvalue weighted by Crippen LogP contribution is 2.08. The number of nitrogens with zero attached hydrogens (tertiary/aromatic N) is 2. The third-order valence-corrected chi connectivity index (χ3v) is 4.24. The molecule has 0 atom stereocenters. The summed E-state index contributed by atoms with van der Waals surface area (Å²) in [5, 5.41) is 31.1. The average Bonchev–Trinajstić information content (AvgIpc) is 3.03. The minimum Gasteiger partial charge on any atom is -0.394 e. The summed E-state index contributed by atoms with van der Waals surface area (Å²) >= 11 is 0. The predicted molar refractivity (Wildman–Crippen MR) is 82.5 cm³/mol. The van der Waals surface area contributed by atoms with Crippen molar-refractivity contribution < 1.29 is 20.1 Å². The highest BCUT2D eigenvalue weighted by Gasteiger charge is 2.27. The first-order valence-electron chi connectivity index (χ1n) is 7.75. The Morgan fingerprint density at radius 1 is 1.09 bits per heavy atom. The summed E-state index contributed by atoms with van der Waals surface area (Å²) in [4.78, 5) is 2.38.